The molecule has 0 aliphatic carbocycles. The predicted octanol–water partition coefficient (Wildman–Crippen LogP) is 2.19. The molecule has 0 saturated carbocycles. The molecule has 0 spiro atoms. The Balaban J connectivity index is 0.000000810. The monoisotopic (exact) mass is 199 g/mol. The first-order valence-corrected chi connectivity index (χ1v) is 2.87. The van der Waals surface area contributed by atoms with Crippen LogP contribution in [-0.2, 0) is 0 Å². The Labute approximate surface area is 71.3 Å². The Hall–Kier alpha value is -0.760. The highest BCUT2D eigenvalue weighted by molar-refractivity contribution is 8.93. The number of halogens is 1. The van der Waals surface area contributed by atoms with Crippen LogP contribution >= 0.6 is 17.0 Å². The molecular formula is C8H10BrN. The standard InChI is InChI=1S/C8H9N.BrH/c9-7-6-8-4-2-1-3-5-8;/h1-7H,9H2;1H. The Morgan fingerprint density at radius 1 is 1.10 bits per heavy atom. The summed E-state index contributed by atoms with van der Waals surface area (Å²) >= 11 is 0. The van der Waals surface area contributed by atoms with Gasteiger partial charge in [0.25, 0.3) is 0 Å². The Morgan fingerprint density at radius 2 is 1.70 bits per heavy atom. The van der Waals surface area contributed by atoms with Crippen LogP contribution in [0.25, 0.3) is 6.08 Å². The molecule has 1 aromatic carbocycles. The molecule has 10 heavy (non-hydrogen) atoms. The van der Waals surface area contributed by atoms with E-state index in [1.807, 2.05) is 36.4 Å². The van der Waals surface area contributed by atoms with Gasteiger partial charge in [0, 0.05) is 0 Å². The van der Waals surface area contributed by atoms with E-state index in [1.54, 1.807) is 0 Å². The predicted molar refractivity (Wildman–Crippen MR) is 50.0 cm³/mol. The van der Waals surface area contributed by atoms with Gasteiger partial charge in [0.05, 0.1) is 0 Å². The summed E-state index contributed by atoms with van der Waals surface area (Å²) in [4.78, 5) is 0. The number of benzene rings is 1. The molecule has 0 fully saturated rings. The van der Waals surface area contributed by atoms with Crippen molar-refractivity contribution in [3.05, 3.63) is 42.1 Å². The van der Waals surface area contributed by atoms with Crippen LogP contribution in [0.2, 0.25) is 0 Å². The molecule has 2 N–H and O–H groups in total. The summed E-state index contributed by atoms with van der Waals surface area (Å²) in [6, 6.07) is 9.95. The van der Waals surface area contributed by atoms with Crippen molar-refractivity contribution in [1.29, 1.82) is 0 Å². The highest BCUT2D eigenvalue weighted by Gasteiger charge is 1.77. The van der Waals surface area contributed by atoms with Gasteiger partial charge in [-0.25, -0.2) is 0 Å². The lowest BCUT2D eigenvalue weighted by Crippen LogP contribution is -1.75. The van der Waals surface area contributed by atoms with Crippen LogP contribution in [0.1, 0.15) is 5.56 Å². The first-order valence-electron chi connectivity index (χ1n) is 2.87. The van der Waals surface area contributed by atoms with Gasteiger partial charge in [-0.2, -0.15) is 0 Å². The van der Waals surface area contributed by atoms with Crippen molar-refractivity contribution in [2.75, 3.05) is 0 Å². The van der Waals surface area contributed by atoms with E-state index in [-0.39, 0.29) is 17.0 Å². The fourth-order valence-electron chi connectivity index (χ4n) is 0.675. The molecule has 0 heterocycles. The summed E-state index contributed by atoms with van der Waals surface area (Å²) in [5.74, 6) is 0. The molecule has 1 nitrogen and oxygen atoms in total. The third-order valence-corrected chi connectivity index (χ3v) is 1.09. The topological polar surface area (TPSA) is 26.0 Å². The zero-order valence-electron chi connectivity index (χ0n) is 5.53. The molecule has 1 rings (SSSR count). The van der Waals surface area contributed by atoms with E-state index in [9.17, 15) is 0 Å². The van der Waals surface area contributed by atoms with Crippen LogP contribution in [0, 0.1) is 0 Å². The minimum atomic E-state index is 0. The third-order valence-electron chi connectivity index (χ3n) is 1.09. The quantitative estimate of drug-likeness (QED) is 0.738. The van der Waals surface area contributed by atoms with Crippen molar-refractivity contribution in [3.8, 4) is 0 Å². The molecule has 1 aromatic rings. The van der Waals surface area contributed by atoms with E-state index in [2.05, 4.69) is 0 Å². The molecule has 0 unspecified atom stereocenters. The van der Waals surface area contributed by atoms with E-state index in [0.29, 0.717) is 0 Å². The summed E-state index contributed by atoms with van der Waals surface area (Å²) in [7, 11) is 0. The summed E-state index contributed by atoms with van der Waals surface area (Å²) in [5, 5.41) is 0. The van der Waals surface area contributed by atoms with E-state index in [4.69, 9.17) is 5.73 Å². The van der Waals surface area contributed by atoms with Gasteiger partial charge in [-0.05, 0) is 17.8 Å². The minimum Gasteiger partial charge on any atom is -0.405 e. The maximum absolute atomic E-state index is 5.18. The zero-order chi connectivity index (χ0) is 6.53. The normalized spacial score (nSPS) is 9.20. The van der Waals surface area contributed by atoms with Crippen LogP contribution in [0.3, 0.4) is 0 Å². The maximum Gasteiger partial charge on any atom is -0.00564 e. The van der Waals surface area contributed by atoms with Crippen molar-refractivity contribution in [2.24, 2.45) is 5.73 Å². The lowest BCUT2D eigenvalue weighted by atomic mass is 10.2. The molecule has 0 radical (unpaired) electrons. The molecular weight excluding hydrogens is 190 g/mol. The summed E-state index contributed by atoms with van der Waals surface area (Å²) < 4.78 is 0. The summed E-state index contributed by atoms with van der Waals surface area (Å²) in [6.45, 7) is 0. The number of hydrogen-bond acceptors (Lipinski definition) is 1. The van der Waals surface area contributed by atoms with Crippen molar-refractivity contribution in [1.82, 2.24) is 0 Å². The van der Waals surface area contributed by atoms with Gasteiger partial charge >= 0.3 is 0 Å². The van der Waals surface area contributed by atoms with Gasteiger partial charge < -0.3 is 5.73 Å². The van der Waals surface area contributed by atoms with Crippen molar-refractivity contribution >= 4 is 23.1 Å². The van der Waals surface area contributed by atoms with Crippen LogP contribution in [0.15, 0.2) is 36.5 Å². The summed E-state index contributed by atoms with van der Waals surface area (Å²) in [6.07, 6.45) is 3.40. The number of hydrogen-bond donors (Lipinski definition) is 1. The molecule has 0 amide bonds. The largest absolute Gasteiger partial charge is 0.405 e. The molecule has 0 aliphatic rings. The van der Waals surface area contributed by atoms with Gasteiger partial charge in [0.2, 0.25) is 0 Å². The van der Waals surface area contributed by atoms with E-state index in [1.165, 1.54) is 6.20 Å². The van der Waals surface area contributed by atoms with E-state index >= 15 is 0 Å². The highest BCUT2D eigenvalue weighted by atomic mass is 79.9. The smallest absolute Gasteiger partial charge is 0.00564 e. The molecule has 0 aliphatic heterocycles. The fraction of sp³-hybridized carbons (Fsp3) is 0. The van der Waals surface area contributed by atoms with E-state index < -0.39 is 0 Å². The molecule has 0 bridgehead atoms. The Kier molecular flexibility index (Phi) is 4.67. The first kappa shape index (κ1) is 9.24. The van der Waals surface area contributed by atoms with Gasteiger partial charge in [-0.1, -0.05) is 30.3 Å². The van der Waals surface area contributed by atoms with Gasteiger partial charge in [-0.3, -0.25) is 0 Å². The molecule has 0 aromatic heterocycles. The zero-order valence-corrected chi connectivity index (χ0v) is 7.24. The maximum atomic E-state index is 5.18. The third kappa shape index (κ3) is 2.69. The molecule has 2 heteroatoms. The van der Waals surface area contributed by atoms with E-state index in [0.717, 1.165) is 5.56 Å². The molecule has 0 saturated heterocycles. The second-order valence-electron chi connectivity index (χ2n) is 1.77. The number of rotatable bonds is 1. The van der Waals surface area contributed by atoms with Crippen molar-refractivity contribution in [2.45, 2.75) is 0 Å². The average molecular weight is 200 g/mol. The highest BCUT2D eigenvalue weighted by Crippen LogP contribution is 1.98. The van der Waals surface area contributed by atoms with Crippen molar-refractivity contribution in [3.63, 3.8) is 0 Å². The van der Waals surface area contributed by atoms with Crippen molar-refractivity contribution < 1.29 is 0 Å². The van der Waals surface area contributed by atoms with Crippen LogP contribution < -0.4 is 5.73 Å². The fourth-order valence-corrected chi connectivity index (χ4v) is 0.675. The minimum absolute atomic E-state index is 0. The SMILES string of the molecule is Br.NC=Cc1ccccc1. The summed E-state index contributed by atoms with van der Waals surface area (Å²) in [5.41, 5.74) is 6.32. The van der Waals surface area contributed by atoms with Crippen LogP contribution in [0.5, 0.6) is 0 Å². The van der Waals surface area contributed by atoms with Gasteiger partial charge in [-0.15, -0.1) is 17.0 Å². The lowest BCUT2D eigenvalue weighted by molar-refractivity contribution is 1.60. The molecule has 0 atom stereocenters. The van der Waals surface area contributed by atoms with Gasteiger partial charge in [0.1, 0.15) is 0 Å². The molecule has 54 valence electrons. The Morgan fingerprint density at radius 3 is 2.20 bits per heavy atom. The van der Waals surface area contributed by atoms with Crippen LogP contribution in [-0.4, -0.2) is 0 Å². The van der Waals surface area contributed by atoms with Crippen LogP contribution in [0.4, 0.5) is 0 Å². The lowest BCUT2D eigenvalue weighted by Gasteiger charge is -1.86. The number of nitrogens with two attached hydrogens (primary N) is 1. The Bertz CT molecular complexity index is 194. The first-order chi connectivity index (χ1) is 4.43. The van der Waals surface area contributed by atoms with Gasteiger partial charge in [0.15, 0.2) is 0 Å². The second kappa shape index (κ2) is 5.06. The second-order valence-corrected chi connectivity index (χ2v) is 1.77. The average Bonchev–Trinajstić information content (AvgIpc) is 1.91.